The van der Waals surface area contributed by atoms with Crippen LogP contribution in [0.2, 0.25) is 0 Å². The Labute approximate surface area is 151 Å². The standard InChI is InChI=1S/C17H15N5O3S/c1-9-8-26-17-20-16(25)14(21-22(9)17)10-4-2-3-5-11(10)19-15(24)12-6-7-13(23)18-12/h2-5,8,12H,6-7H2,1H3,(H,18,23)(H,19,24)/t12-/m1/s1. The molecule has 0 radical (unpaired) electrons. The van der Waals surface area contributed by atoms with Gasteiger partial charge in [-0.15, -0.1) is 11.3 Å². The highest BCUT2D eigenvalue weighted by atomic mass is 32.1. The van der Waals surface area contributed by atoms with Crippen LogP contribution >= 0.6 is 11.3 Å². The molecule has 0 spiro atoms. The summed E-state index contributed by atoms with van der Waals surface area (Å²) in [6.45, 7) is 1.88. The summed E-state index contributed by atoms with van der Waals surface area (Å²) in [7, 11) is 0. The lowest BCUT2D eigenvalue weighted by Gasteiger charge is -2.13. The van der Waals surface area contributed by atoms with Gasteiger partial charge < -0.3 is 10.6 Å². The summed E-state index contributed by atoms with van der Waals surface area (Å²) in [6, 6.07) is 6.36. The van der Waals surface area contributed by atoms with Crippen LogP contribution in [0.4, 0.5) is 5.69 Å². The van der Waals surface area contributed by atoms with E-state index in [1.165, 1.54) is 11.3 Å². The van der Waals surface area contributed by atoms with Crippen molar-refractivity contribution in [1.29, 1.82) is 0 Å². The van der Waals surface area contributed by atoms with Gasteiger partial charge in [0, 0.05) is 17.4 Å². The summed E-state index contributed by atoms with van der Waals surface area (Å²) >= 11 is 1.34. The molecule has 1 aliphatic heterocycles. The molecule has 2 amide bonds. The van der Waals surface area contributed by atoms with E-state index in [1.807, 2.05) is 12.3 Å². The minimum Gasteiger partial charge on any atom is -0.344 e. The van der Waals surface area contributed by atoms with Gasteiger partial charge in [-0.1, -0.05) is 18.2 Å². The summed E-state index contributed by atoms with van der Waals surface area (Å²) in [5.74, 6) is -0.454. The highest BCUT2D eigenvalue weighted by Crippen LogP contribution is 2.25. The molecule has 132 valence electrons. The molecular formula is C17H15N5O3S. The molecular weight excluding hydrogens is 354 g/mol. The van der Waals surface area contributed by atoms with Crippen LogP contribution in [0.25, 0.3) is 16.2 Å². The first-order valence-corrected chi connectivity index (χ1v) is 8.96. The van der Waals surface area contributed by atoms with Gasteiger partial charge in [-0.25, -0.2) is 4.52 Å². The Balaban J connectivity index is 1.73. The number of aryl methyl sites for hydroxylation is 1. The zero-order valence-corrected chi connectivity index (χ0v) is 14.7. The summed E-state index contributed by atoms with van der Waals surface area (Å²) in [5, 5.41) is 11.7. The van der Waals surface area contributed by atoms with E-state index in [9.17, 15) is 14.4 Å². The number of thiazole rings is 1. The molecule has 3 aromatic rings. The molecule has 0 saturated carbocycles. The molecule has 2 N–H and O–H groups in total. The van der Waals surface area contributed by atoms with E-state index in [2.05, 4.69) is 20.7 Å². The smallest absolute Gasteiger partial charge is 0.300 e. The van der Waals surface area contributed by atoms with Gasteiger partial charge in [0.15, 0.2) is 5.69 Å². The third-order valence-corrected chi connectivity index (χ3v) is 5.14. The van der Waals surface area contributed by atoms with Crippen LogP contribution in [0.3, 0.4) is 0 Å². The van der Waals surface area contributed by atoms with Crippen LogP contribution in [0.15, 0.2) is 34.4 Å². The van der Waals surface area contributed by atoms with Crippen LogP contribution in [-0.4, -0.2) is 32.5 Å². The minimum absolute atomic E-state index is 0.138. The maximum Gasteiger partial charge on any atom is 0.300 e. The molecule has 8 nitrogen and oxygen atoms in total. The Morgan fingerprint density at radius 3 is 2.92 bits per heavy atom. The number of aromatic nitrogens is 3. The molecule has 4 rings (SSSR count). The minimum atomic E-state index is -0.565. The highest BCUT2D eigenvalue weighted by molar-refractivity contribution is 7.15. The van der Waals surface area contributed by atoms with Crippen molar-refractivity contribution in [2.24, 2.45) is 0 Å². The van der Waals surface area contributed by atoms with Gasteiger partial charge in [0.25, 0.3) is 0 Å². The number of para-hydroxylation sites is 1. The van der Waals surface area contributed by atoms with E-state index in [4.69, 9.17) is 0 Å². The van der Waals surface area contributed by atoms with Gasteiger partial charge in [-0.05, 0) is 19.4 Å². The Hall–Kier alpha value is -3.07. The van der Waals surface area contributed by atoms with E-state index < -0.39 is 11.6 Å². The van der Waals surface area contributed by atoms with Gasteiger partial charge in [0.05, 0.1) is 11.4 Å². The fourth-order valence-electron chi connectivity index (χ4n) is 2.86. The number of carbonyl (C=O) groups excluding carboxylic acids is 2. The van der Waals surface area contributed by atoms with E-state index in [1.54, 1.807) is 28.8 Å². The SMILES string of the molecule is Cc1csc2nc(=O)c(-c3ccccc3NC(=O)[C@H]3CCC(=O)N3)nn12. The van der Waals surface area contributed by atoms with Crippen molar-refractivity contribution in [3.63, 3.8) is 0 Å². The fourth-order valence-corrected chi connectivity index (χ4v) is 3.66. The van der Waals surface area contributed by atoms with Gasteiger partial charge in [-0.2, -0.15) is 10.1 Å². The third-order valence-electron chi connectivity index (χ3n) is 4.20. The van der Waals surface area contributed by atoms with E-state index >= 15 is 0 Å². The van der Waals surface area contributed by atoms with Gasteiger partial charge >= 0.3 is 5.56 Å². The molecule has 1 aromatic carbocycles. The number of nitrogens with zero attached hydrogens (tertiary/aromatic N) is 3. The van der Waals surface area contributed by atoms with Crippen LogP contribution in [-0.2, 0) is 9.59 Å². The van der Waals surface area contributed by atoms with Crippen molar-refractivity contribution in [3.8, 4) is 11.3 Å². The number of anilines is 1. The van der Waals surface area contributed by atoms with Crippen molar-refractivity contribution in [1.82, 2.24) is 19.9 Å². The third kappa shape index (κ3) is 2.86. The zero-order valence-electron chi connectivity index (χ0n) is 13.9. The molecule has 1 aliphatic rings. The van der Waals surface area contributed by atoms with Crippen LogP contribution in [0.1, 0.15) is 18.5 Å². The first kappa shape index (κ1) is 16.4. The molecule has 1 saturated heterocycles. The summed E-state index contributed by atoms with van der Waals surface area (Å²) < 4.78 is 1.61. The zero-order chi connectivity index (χ0) is 18.3. The Bertz CT molecular complexity index is 1090. The fraction of sp³-hybridized carbons (Fsp3) is 0.235. The molecule has 2 aromatic heterocycles. The summed E-state index contributed by atoms with van der Waals surface area (Å²) in [6.07, 6.45) is 0.788. The van der Waals surface area contributed by atoms with Crippen LogP contribution in [0.5, 0.6) is 0 Å². The van der Waals surface area contributed by atoms with Gasteiger partial charge in [0.1, 0.15) is 6.04 Å². The van der Waals surface area contributed by atoms with Crippen LogP contribution < -0.4 is 16.2 Å². The number of benzene rings is 1. The molecule has 0 unspecified atom stereocenters. The quantitative estimate of drug-likeness (QED) is 0.725. The molecule has 9 heteroatoms. The maximum atomic E-state index is 12.4. The average Bonchev–Trinajstić information content (AvgIpc) is 3.21. The normalized spacial score (nSPS) is 16.7. The maximum absolute atomic E-state index is 12.4. The largest absolute Gasteiger partial charge is 0.344 e. The second kappa shape index (κ2) is 6.34. The van der Waals surface area contributed by atoms with Gasteiger partial charge in [-0.3, -0.25) is 14.4 Å². The number of nitrogens with one attached hydrogen (secondary N) is 2. The van der Waals surface area contributed by atoms with Crippen molar-refractivity contribution >= 4 is 33.8 Å². The first-order valence-electron chi connectivity index (χ1n) is 8.08. The predicted octanol–water partition coefficient (Wildman–Crippen LogP) is 1.34. The first-order chi connectivity index (χ1) is 12.5. The lowest BCUT2D eigenvalue weighted by Crippen LogP contribution is -2.37. The average molecular weight is 369 g/mol. The second-order valence-corrected chi connectivity index (χ2v) is 6.87. The predicted molar refractivity (Wildman–Crippen MR) is 97.1 cm³/mol. The molecule has 26 heavy (non-hydrogen) atoms. The number of carbonyl (C=O) groups is 2. The van der Waals surface area contributed by atoms with Gasteiger partial charge in [0.2, 0.25) is 16.8 Å². The lowest BCUT2D eigenvalue weighted by molar-refractivity contribution is -0.122. The summed E-state index contributed by atoms with van der Waals surface area (Å²) in [5.41, 5.74) is 1.52. The molecule has 0 aliphatic carbocycles. The topological polar surface area (TPSA) is 105 Å². The van der Waals surface area contributed by atoms with Crippen molar-refractivity contribution in [2.75, 3.05) is 5.32 Å². The number of fused-ring (bicyclic) bond motifs is 1. The van der Waals surface area contributed by atoms with E-state index in [-0.39, 0.29) is 17.5 Å². The molecule has 0 bridgehead atoms. The Morgan fingerprint density at radius 1 is 1.35 bits per heavy atom. The van der Waals surface area contributed by atoms with E-state index in [0.717, 1.165) is 5.69 Å². The monoisotopic (exact) mass is 369 g/mol. The second-order valence-electron chi connectivity index (χ2n) is 6.03. The van der Waals surface area contributed by atoms with Crippen molar-refractivity contribution in [3.05, 3.63) is 45.7 Å². The van der Waals surface area contributed by atoms with Crippen molar-refractivity contribution < 1.29 is 9.59 Å². The van der Waals surface area contributed by atoms with Crippen molar-refractivity contribution in [2.45, 2.75) is 25.8 Å². The number of rotatable bonds is 3. The summed E-state index contributed by atoms with van der Waals surface area (Å²) in [4.78, 5) is 40.8. The molecule has 3 heterocycles. The number of amides is 2. The van der Waals surface area contributed by atoms with E-state index in [0.29, 0.717) is 29.1 Å². The Morgan fingerprint density at radius 2 is 2.15 bits per heavy atom. The highest BCUT2D eigenvalue weighted by Gasteiger charge is 2.27. The Kier molecular flexibility index (Phi) is 4.00. The van der Waals surface area contributed by atoms with Crippen LogP contribution in [0, 0.1) is 6.92 Å². The molecule has 1 fully saturated rings. The number of hydrogen-bond donors (Lipinski definition) is 2. The number of hydrogen-bond acceptors (Lipinski definition) is 6. The molecule has 1 atom stereocenters. The lowest BCUT2D eigenvalue weighted by atomic mass is 10.1.